The van der Waals surface area contributed by atoms with Crippen LogP contribution in [-0.2, 0) is 25.5 Å². The number of rotatable bonds is 11. The van der Waals surface area contributed by atoms with E-state index in [0.717, 1.165) is 4.57 Å². The Labute approximate surface area is 220 Å². The maximum absolute atomic E-state index is 13.1. The van der Waals surface area contributed by atoms with Crippen LogP contribution in [0.2, 0.25) is 0 Å². The van der Waals surface area contributed by atoms with Crippen LogP contribution in [0.5, 0.6) is 0 Å². The Morgan fingerprint density at radius 2 is 1.89 bits per heavy atom. The van der Waals surface area contributed by atoms with E-state index in [1.165, 1.54) is 13.3 Å². The highest BCUT2D eigenvalue weighted by Gasteiger charge is 2.24. The SMILES string of the molecule is COC(=O)C(CCCCNC(=O)OC(C)(C)C)NC(=O)n1ccc2c1c(=O)[nH]c(=S)n2CCOC(C)C. The number of aromatic amines is 1. The smallest absolute Gasteiger partial charge is 0.407 e. The number of carbonyl (C=O) groups is 3. The maximum Gasteiger partial charge on any atom is 0.407 e. The molecule has 2 aromatic heterocycles. The van der Waals surface area contributed by atoms with Gasteiger partial charge in [-0.15, -0.1) is 0 Å². The topological polar surface area (TPSA) is 146 Å². The summed E-state index contributed by atoms with van der Waals surface area (Å²) < 4.78 is 18.7. The molecule has 2 heterocycles. The van der Waals surface area contributed by atoms with Crippen molar-refractivity contribution in [2.24, 2.45) is 0 Å². The lowest BCUT2D eigenvalue weighted by Gasteiger charge is -2.20. The molecular weight excluding hydrogens is 502 g/mol. The lowest BCUT2D eigenvalue weighted by molar-refractivity contribution is -0.143. The molecule has 0 saturated heterocycles. The van der Waals surface area contributed by atoms with E-state index in [9.17, 15) is 19.2 Å². The number of nitrogens with one attached hydrogen (secondary N) is 3. The second-order valence-corrected chi connectivity index (χ2v) is 10.1. The molecule has 3 N–H and O–H groups in total. The number of fused-ring (bicyclic) bond motifs is 1. The summed E-state index contributed by atoms with van der Waals surface area (Å²) in [5, 5.41) is 5.29. The van der Waals surface area contributed by atoms with E-state index >= 15 is 0 Å². The van der Waals surface area contributed by atoms with Crippen molar-refractivity contribution in [1.29, 1.82) is 0 Å². The van der Waals surface area contributed by atoms with E-state index in [0.29, 0.717) is 38.1 Å². The first-order valence-electron chi connectivity index (χ1n) is 12.2. The van der Waals surface area contributed by atoms with Crippen molar-refractivity contribution in [3.05, 3.63) is 27.4 Å². The van der Waals surface area contributed by atoms with Gasteiger partial charge in [-0.2, -0.15) is 0 Å². The third-order valence-corrected chi connectivity index (χ3v) is 5.52. The zero-order valence-corrected chi connectivity index (χ0v) is 23.0. The second kappa shape index (κ2) is 13.4. The van der Waals surface area contributed by atoms with Gasteiger partial charge in [0.1, 0.15) is 17.2 Å². The van der Waals surface area contributed by atoms with Crippen LogP contribution in [0.3, 0.4) is 0 Å². The molecule has 0 aliphatic carbocycles. The van der Waals surface area contributed by atoms with Crippen LogP contribution >= 0.6 is 12.2 Å². The number of amides is 2. The summed E-state index contributed by atoms with van der Waals surface area (Å²) >= 11 is 5.30. The van der Waals surface area contributed by atoms with Gasteiger partial charge in [0.2, 0.25) is 0 Å². The van der Waals surface area contributed by atoms with Gasteiger partial charge < -0.3 is 29.4 Å². The molecule has 1 atom stereocenters. The molecule has 0 fully saturated rings. The van der Waals surface area contributed by atoms with Crippen LogP contribution in [0.1, 0.15) is 53.9 Å². The van der Waals surface area contributed by atoms with Crippen LogP contribution in [-0.4, -0.2) is 70.2 Å². The average molecular weight is 540 g/mol. The Balaban J connectivity index is 2.09. The third kappa shape index (κ3) is 9.01. The van der Waals surface area contributed by atoms with E-state index in [1.807, 2.05) is 13.8 Å². The van der Waals surface area contributed by atoms with E-state index in [1.54, 1.807) is 31.4 Å². The van der Waals surface area contributed by atoms with Gasteiger partial charge in [-0.05, 0) is 72.2 Å². The minimum Gasteiger partial charge on any atom is -0.467 e. The fourth-order valence-electron chi connectivity index (χ4n) is 3.56. The molecule has 13 heteroatoms. The Hall–Kier alpha value is -3.19. The summed E-state index contributed by atoms with van der Waals surface area (Å²) in [4.78, 5) is 52.4. The molecule has 0 aliphatic heterocycles. The summed E-state index contributed by atoms with van der Waals surface area (Å²) in [5.41, 5.74) is -0.549. The normalized spacial score (nSPS) is 12.4. The monoisotopic (exact) mass is 539 g/mol. The second-order valence-electron chi connectivity index (χ2n) is 9.70. The number of hydrogen-bond acceptors (Lipinski definition) is 8. The minimum absolute atomic E-state index is 0.0335. The van der Waals surface area contributed by atoms with Crippen molar-refractivity contribution in [2.75, 3.05) is 20.3 Å². The van der Waals surface area contributed by atoms with Crippen LogP contribution in [0.4, 0.5) is 9.59 Å². The molecule has 0 spiro atoms. The number of aromatic nitrogens is 3. The summed E-state index contributed by atoms with van der Waals surface area (Å²) in [6.45, 7) is 10.3. The van der Waals surface area contributed by atoms with Gasteiger partial charge in [-0.25, -0.2) is 14.4 Å². The predicted octanol–water partition coefficient (Wildman–Crippen LogP) is 3.08. The molecule has 0 aromatic carbocycles. The molecule has 0 aliphatic rings. The first kappa shape index (κ1) is 30.0. The number of methoxy groups -OCH3 is 1. The Morgan fingerprint density at radius 3 is 2.51 bits per heavy atom. The van der Waals surface area contributed by atoms with Crippen LogP contribution < -0.4 is 16.2 Å². The molecule has 0 saturated carbocycles. The first-order valence-corrected chi connectivity index (χ1v) is 12.6. The van der Waals surface area contributed by atoms with Crippen molar-refractivity contribution in [2.45, 2.75) is 78.2 Å². The third-order valence-electron chi connectivity index (χ3n) is 5.19. The fourth-order valence-corrected chi connectivity index (χ4v) is 3.84. The molecule has 2 amide bonds. The fraction of sp³-hybridized carbons (Fsp3) is 0.625. The lowest BCUT2D eigenvalue weighted by Crippen LogP contribution is -2.43. The van der Waals surface area contributed by atoms with Gasteiger partial charge in [0.15, 0.2) is 4.77 Å². The summed E-state index contributed by atoms with van der Waals surface area (Å²) in [6, 6.07) is 0.00962. The Kier molecular flexibility index (Phi) is 10.9. The van der Waals surface area contributed by atoms with Crippen molar-refractivity contribution < 1.29 is 28.6 Å². The Morgan fingerprint density at radius 1 is 1.19 bits per heavy atom. The van der Waals surface area contributed by atoms with Gasteiger partial charge >= 0.3 is 18.1 Å². The van der Waals surface area contributed by atoms with Gasteiger partial charge in [0.25, 0.3) is 5.56 Å². The van der Waals surface area contributed by atoms with Crippen molar-refractivity contribution in [3.63, 3.8) is 0 Å². The van der Waals surface area contributed by atoms with Crippen LogP contribution in [0.15, 0.2) is 17.1 Å². The maximum atomic E-state index is 13.1. The summed E-state index contributed by atoms with van der Waals surface area (Å²) in [5.74, 6) is -0.618. The Bertz CT molecular complexity index is 1210. The number of alkyl carbamates (subject to hydrolysis) is 1. The molecule has 0 radical (unpaired) electrons. The number of hydrogen-bond donors (Lipinski definition) is 3. The number of ether oxygens (including phenoxy) is 3. The quantitative estimate of drug-likeness (QED) is 0.224. The summed E-state index contributed by atoms with van der Waals surface area (Å²) in [7, 11) is 1.23. The van der Waals surface area contributed by atoms with E-state index in [-0.39, 0.29) is 22.8 Å². The average Bonchev–Trinajstić information content (AvgIpc) is 3.24. The number of H-pyrrole nitrogens is 1. The number of carbonyl (C=O) groups excluding carboxylic acids is 3. The molecule has 2 rings (SSSR count). The molecule has 206 valence electrons. The molecule has 1 unspecified atom stereocenters. The van der Waals surface area contributed by atoms with Crippen molar-refractivity contribution in [3.8, 4) is 0 Å². The number of nitrogens with zero attached hydrogens (tertiary/aromatic N) is 2. The van der Waals surface area contributed by atoms with Gasteiger partial charge in [0.05, 0.1) is 25.3 Å². The summed E-state index contributed by atoms with van der Waals surface area (Å²) in [6.07, 6.45) is 2.29. The number of esters is 1. The van der Waals surface area contributed by atoms with E-state index in [4.69, 9.17) is 26.4 Å². The molecule has 12 nitrogen and oxygen atoms in total. The van der Waals surface area contributed by atoms with Crippen molar-refractivity contribution >= 4 is 41.3 Å². The van der Waals surface area contributed by atoms with Crippen LogP contribution in [0, 0.1) is 4.77 Å². The zero-order valence-electron chi connectivity index (χ0n) is 22.2. The standard InChI is InChI=1S/C24H37N5O7S/c1-15(2)35-14-13-28-17-10-12-29(18(17)19(30)27-22(28)37)21(32)26-16(20(31)34-6)9-7-8-11-25-23(33)36-24(3,4)5/h10,12,15-16H,7-9,11,13-14H2,1-6H3,(H,25,33)(H,26,32)(H,27,30,37). The number of unbranched alkanes of at least 4 members (excludes halogenated alkanes) is 1. The predicted molar refractivity (Wildman–Crippen MR) is 140 cm³/mol. The first-order chi connectivity index (χ1) is 17.3. The highest BCUT2D eigenvalue weighted by Crippen LogP contribution is 2.13. The zero-order chi connectivity index (χ0) is 27.8. The molecule has 0 bridgehead atoms. The minimum atomic E-state index is -0.944. The van der Waals surface area contributed by atoms with Gasteiger partial charge in [0, 0.05) is 19.3 Å². The van der Waals surface area contributed by atoms with Crippen LogP contribution in [0.25, 0.3) is 11.0 Å². The lowest BCUT2D eigenvalue weighted by atomic mass is 10.1. The molecular formula is C24H37N5O7S. The largest absolute Gasteiger partial charge is 0.467 e. The highest BCUT2D eigenvalue weighted by atomic mass is 32.1. The van der Waals surface area contributed by atoms with Gasteiger partial charge in [-0.1, -0.05) is 0 Å². The highest BCUT2D eigenvalue weighted by molar-refractivity contribution is 7.71. The molecule has 37 heavy (non-hydrogen) atoms. The van der Waals surface area contributed by atoms with Crippen molar-refractivity contribution in [1.82, 2.24) is 24.8 Å². The van der Waals surface area contributed by atoms with E-state index in [2.05, 4.69) is 15.6 Å². The van der Waals surface area contributed by atoms with Gasteiger partial charge in [-0.3, -0.25) is 14.3 Å². The molecule has 2 aromatic rings. The van der Waals surface area contributed by atoms with E-state index < -0.39 is 35.3 Å².